The summed E-state index contributed by atoms with van der Waals surface area (Å²) >= 11 is 0. The van der Waals surface area contributed by atoms with Crippen molar-refractivity contribution >= 4 is 23.2 Å². The Morgan fingerprint density at radius 2 is 1.50 bits per heavy atom. The minimum atomic E-state index is 0.0936. The highest BCUT2D eigenvalue weighted by molar-refractivity contribution is 5.95. The average molecular weight is 327 g/mol. The SMILES string of the molecule is O=C(CC1CC2CCC(C1)N2)Nc1ccc(NC(=O)C2CC2)cc1. The number of hydrogen-bond acceptors (Lipinski definition) is 3. The highest BCUT2D eigenvalue weighted by Gasteiger charge is 2.34. The van der Waals surface area contributed by atoms with Gasteiger partial charge in [0.15, 0.2) is 0 Å². The van der Waals surface area contributed by atoms with Gasteiger partial charge >= 0.3 is 0 Å². The molecule has 1 aromatic rings. The Morgan fingerprint density at radius 1 is 0.917 bits per heavy atom. The quantitative estimate of drug-likeness (QED) is 0.779. The summed E-state index contributed by atoms with van der Waals surface area (Å²) in [5, 5.41) is 9.50. The van der Waals surface area contributed by atoms with E-state index < -0.39 is 0 Å². The van der Waals surface area contributed by atoms with Crippen LogP contribution in [0.1, 0.15) is 44.9 Å². The molecule has 3 N–H and O–H groups in total. The molecule has 5 nitrogen and oxygen atoms in total. The van der Waals surface area contributed by atoms with Crippen LogP contribution < -0.4 is 16.0 Å². The van der Waals surface area contributed by atoms with E-state index in [9.17, 15) is 9.59 Å². The first-order valence-electron chi connectivity index (χ1n) is 9.12. The molecule has 2 heterocycles. The van der Waals surface area contributed by atoms with Gasteiger partial charge in [0.1, 0.15) is 0 Å². The molecule has 128 valence electrons. The Labute approximate surface area is 142 Å². The lowest BCUT2D eigenvalue weighted by molar-refractivity contribution is -0.118. The molecule has 0 radical (unpaired) electrons. The lowest BCUT2D eigenvalue weighted by Gasteiger charge is -2.28. The van der Waals surface area contributed by atoms with Crippen molar-refractivity contribution in [2.24, 2.45) is 11.8 Å². The third kappa shape index (κ3) is 3.78. The normalized spacial score (nSPS) is 28.4. The monoisotopic (exact) mass is 327 g/mol. The van der Waals surface area contributed by atoms with Gasteiger partial charge in [-0.1, -0.05) is 0 Å². The number of fused-ring (bicyclic) bond motifs is 2. The number of hydrogen-bond donors (Lipinski definition) is 3. The molecule has 2 aliphatic heterocycles. The molecule has 1 saturated carbocycles. The van der Waals surface area contributed by atoms with E-state index in [1.807, 2.05) is 24.3 Å². The minimum Gasteiger partial charge on any atom is -0.326 e. The third-order valence-corrected chi connectivity index (χ3v) is 5.43. The number of nitrogens with one attached hydrogen (secondary N) is 3. The fourth-order valence-corrected chi connectivity index (χ4v) is 4.04. The van der Waals surface area contributed by atoms with Crippen LogP contribution in [-0.2, 0) is 9.59 Å². The van der Waals surface area contributed by atoms with Gasteiger partial charge in [0.2, 0.25) is 11.8 Å². The van der Waals surface area contributed by atoms with E-state index >= 15 is 0 Å². The molecule has 2 saturated heterocycles. The molecule has 2 atom stereocenters. The second-order valence-corrected chi connectivity index (χ2v) is 7.57. The van der Waals surface area contributed by atoms with Gasteiger partial charge in [0, 0.05) is 35.8 Å². The molecule has 3 aliphatic rings. The number of carbonyl (C=O) groups excluding carboxylic acids is 2. The topological polar surface area (TPSA) is 70.2 Å². The molecule has 2 amide bonds. The molecule has 24 heavy (non-hydrogen) atoms. The Balaban J connectivity index is 1.26. The highest BCUT2D eigenvalue weighted by atomic mass is 16.2. The van der Waals surface area contributed by atoms with Gasteiger partial charge in [-0.05, 0) is 68.7 Å². The summed E-state index contributed by atoms with van der Waals surface area (Å²) in [5.41, 5.74) is 1.58. The predicted molar refractivity (Wildman–Crippen MR) is 93.7 cm³/mol. The minimum absolute atomic E-state index is 0.0936. The Bertz CT molecular complexity index is 612. The molecule has 3 fully saturated rings. The zero-order chi connectivity index (χ0) is 16.5. The van der Waals surface area contributed by atoms with Crippen LogP contribution in [0, 0.1) is 11.8 Å². The first-order chi connectivity index (χ1) is 11.7. The van der Waals surface area contributed by atoms with Crippen molar-refractivity contribution in [1.29, 1.82) is 0 Å². The summed E-state index contributed by atoms with van der Waals surface area (Å²) in [7, 11) is 0. The summed E-state index contributed by atoms with van der Waals surface area (Å²) in [6.07, 6.45) is 7.37. The summed E-state index contributed by atoms with van der Waals surface area (Å²) in [6.45, 7) is 0. The summed E-state index contributed by atoms with van der Waals surface area (Å²) in [5.74, 6) is 0.897. The van der Waals surface area contributed by atoms with Gasteiger partial charge in [-0.3, -0.25) is 9.59 Å². The number of anilines is 2. The lowest BCUT2D eigenvalue weighted by atomic mass is 9.89. The molecular formula is C19H25N3O2. The van der Waals surface area contributed by atoms with Crippen molar-refractivity contribution in [1.82, 2.24) is 5.32 Å². The molecule has 2 unspecified atom stereocenters. The number of carbonyl (C=O) groups is 2. The average Bonchev–Trinajstić information content (AvgIpc) is 3.35. The van der Waals surface area contributed by atoms with Crippen molar-refractivity contribution < 1.29 is 9.59 Å². The van der Waals surface area contributed by atoms with E-state index in [4.69, 9.17) is 0 Å². The summed E-state index contributed by atoms with van der Waals surface area (Å²) in [4.78, 5) is 24.0. The molecule has 0 spiro atoms. The van der Waals surface area contributed by atoms with E-state index in [2.05, 4.69) is 16.0 Å². The van der Waals surface area contributed by atoms with Gasteiger partial charge < -0.3 is 16.0 Å². The molecule has 4 rings (SSSR count). The van der Waals surface area contributed by atoms with E-state index in [1.165, 1.54) is 12.8 Å². The van der Waals surface area contributed by atoms with Gasteiger partial charge in [0.05, 0.1) is 0 Å². The fraction of sp³-hybridized carbons (Fsp3) is 0.579. The van der Waals surface area contributed by atoms with E-state index in [0.29, 0.717) is 24.4 Å². The Hall–Kier alpha value is -1.88. The van der Waals surface area contributed by atoms with Crippen LogP contribution in [0.5, 0.6) is 0 Å². The zero-order valence-corrected chi connectivity index (χ0v) is 13.9. The molecular weight excluding hydrogens is 302 g/mol. The zero-order valence-electron chi connectivity index (χ0n) is 13.9. The summed E-state index contributed by atoms with van der Waals surface area (Å²) in [6, 6.07) is 8.65. The Morgan fingerprint density at radius 3 is 2.08 bits per heavy atom. The van der Waals surface area contributed by atoms with Crippen LogP contribution in [0.2, 0.25) is 0 Å². The van der Waals surface area contributed by atoms with Crippen LogP contribution in [0.15, 0.2) is 24.3 Å². The number of amides is 2. The smallest absolute Gasteiger partial charge is 0.227 e. The van der Waals surface area contributed by atoms with Gasteiger partial charge in [-0.25, -0.2) is 0 Å². The third-order valence-electron chi connectivity index (χ3n) is 5.43. The van der Waals surface area contributed by atoms with E-state index in [-0.39, 0.29) is 17.7 Å². The van der Waals surface area contributed by atoms with Crippen LogP contribution >= 0.6 is 0 Å². The highest BCUT2D eigenvalue weighted by Crippen LogP contribution is 2.33. The first-order valence-corrected chi connectivity index (χ1v) is 9.12. The fourth-order valence-electron chi connectivity index (χ4n) is 4.04. The van der Waals surface area contributed by atoms with Gasteiger partial charge in [-0.15, -0.1) is 0 Å². The second kappa shape index (κ2) is 6.55. The van der Waals surface area contributed by atoms with Crippen LogP contribution in [0.4, 0.5) is 11.4 Å². The largest absolute Gasteiger partial charge is 0.326 e. The summed E-state index contributed by atoms with van der Waals surface area (Å²) < 4.78 is 0. The van der Waals surface area contributed by atoms with Crippen molar-refractivity contribution in [2.75, 3.05) is 10.6 Å². The maximum Gasteiger partial charge on any atom is 0.227 e. The maximum atomic E-state index is 12.3. The second-order valence-electron chi connectivity index (χ2n) is 7.57. The van der Waals surface area contributed by atoms with Gasteiger partial charge in [-0.2, -0.15) is 0 Å². The van der Waals surface area contributed by atoms with Crippen molar-refractivity contribution in [3.05, 3.63) is 24.3 Å². The van der Waals surface area contributed by atoms with Crippen LogP contribution in [-0.4, -0.2) is 23.9 Å². The lowest BCUT2D eigenvalue weighted by Crippen LogP contribution is -2.39. The maximum absolute atomic E-state index is 12.3. The molecule has 0 aromatic heterocycles. The number of piperidine rings is 1. The molecule has 1 aromatic carbocycles. The number of rotatable bonds is 5. The number of benzene rings is 1. The van der Waals surface area contributed by atoms with Crippen molar-refractivity contribution in [3.63, 3.8) is 0 Å². The standard InChI is InChI=1S/C19H25N3O2/c23-18(11-12-9-16-7-8-17(10-12)20-16)21-14-3-5-15(6-4-14)22-19(24)13-1-2-13/h3-6,12-13,16-17,20H,1-2,7-11H2,(H,21,23)(H,22,24). The first kappa shape index (κ1) is 15.6. The van der Waals surface area contributed by atoms with Crippen molar-refractivity contribution in [2.45, 2.75) is 57.0 Å². The predicted octanol–water partition coefficient (Wildman–Crippen LogP) is 2.89. The molecule has 5 heteroatoms. The molecule has 2 bridgehead atoms. The van der Waals surface area contributed by atoms with Crippen molar-refractivity contribution in [3.8, 4) is 0 Å². The Kier molecular flexibility index (Phi) is 4.27. The van der Waals surface area contributed by atoms with Gasteiger partial charge in [0.25, 0.3) is 0 Å². The van der Waals surface area contributed by atoms with E-state index in [0.717, 1.165) is 37.1 Å². The van der Waals surface area contributed by atoms with E-state index in [1.54, 1.807) is 0 Å². The van der Waals surface area contributed by atoms with Crippen LogP contribution in [0.25, 0.3) is 0 Å². The molecule has 1 aliphatic carbocycles. The van der Waals surface area contributed by atoms with Crippen LogP contribution in [0.3, 0.4) is 0 Å².